The Bertz CT molecular complexity index is 973. The number of piperidine rings is 1. The Morgan fingerprint density at radius 3 is 2.55 bits per heavy atom. The molecule has 2 aromatic rings. The quantitative estimate of drug-likeness (QED) is 0.710. The summed E-state index contributed by atoms with van der Waals surface area (Å²) in [5.41, 5.74) is 4.65. The first-order chi connectivity index (χ1) is 15.1. The zero-order valence-electron chi connectivity index (χ0n) is 19.2. The summed E-state index contributed by atoms with van der Waals surface area (Å²) in [7, 11) is 4.16. The normalized spacial score (nSPS) is 24.4. The molecule has 2 bridgehead atoms. The lowest BCUT2D eigenvalue weighted by Crippen LogP contribution is -2.48. The number of fused-ring (bicyclic) bond motifs is 4. The molecule has 1 aromatic carbocycles. The van der Waals surface area contributed by atoms with Crippen molar-refractivity contribution >= 4 is 0 Å². The summed E-state index contributed by atoms with van der Waals surface area (Å²) in [6.07, 6.45) is 8.34. The van der Waals surface area contributed by atoms with Crippen LogP contribution in [-0.2, 0) is 13.1 Å². The van der Waals surface area contributed by atoms with E-state index in [1.165, 1.54) is 62.9 Å². The first kappa shape index (κ1) is 21.0. The summed E-state index contributed by atoms with van der Waals surface area (Å²) < 4.78 is 2.12. The second-order valence-electron chi connectivity index (χ2n) is 10.5. The second kappa shape index (κ2) is 8.91. The molecule has 1 saturated heterocycles. The molecule has 1 saturated carbocycles. The Kier molecular flexibility index (Phi) is 6.03. The molecule has 0 amide bonds. The van der Waals surface area contributed by atoms with E-state index < -0.39 is 0 Å². The fraction of sp³-hybridized carbons (Fsp3) is 0.593. The standard InChI is InChI=1S/C27H37N3O/c1-28(2)18-22-10-6-7-11-24(22)25-12-13-26-23-14-21(17-30(26)27(25)31)16-29(19-23)15-20-8-4-3-5-9-20/h6-7,10-13,20-21,23H,3-5,8-9,14-19H2,1-2H3/t21-,23+/m0/s1. The van der Waals surface area contributed by atoms with Crippen molar-refractivity contribution in [2.75, 3.05) is 33.7 Å². The van der Waals surface area contributed by atoms with Crippen LogP contribution in [0.5, 0.6) is 0 Å². The lowest BCUT2D eigenvalue weighted by atomic mass is 9.81. The van der Waals surface area contributed by atoms with Gasteiger partial charge in [-0.1, -0.05) is 43.5 Å². The van der Waals surface area contributed by atoms with Gasteiger partial charge in [-0.25, -0.2) is 0 Å². The van der Waals surface area contributed by atoms with E-state index in [9.17, 15) is 4.79 Å². The maximum absolute atomic E-state index is 13.6. The van der Waals surface area contributed by atoms with Crippen LogP contribution < -0.4 is 5.56 Å². The molecule has 0 spiro atoms. The minimum absolute atomic E-state index is 0.208. The largest absolute Gasteiger partial charge is 0.311 e. The van der Waals surface area contributed by atoms with Crippen LogP contribution in [0.1, 0.15) is 55.7 Å². The molecule has 0 unspecified atom stereocenters. The van der Waals surface area contributed by atoms with E-state index in [-0.39, 0.29) is 5.56 Å². The molecular formula is C27H37N3O. The molecule has 4 heteroatoms. The fourth-order valence-electron chi connectivity index (χ4n) is 6.40. The van der Waals surface area contributed by atoms with Gasteiger partial charge in [-0.3, -0.25) is 4.79 Å². The molecule has 1 aliphatic carbocycles. The molecule has 3 heterocycles. The van der Waals surface area contributed by atoms with Gasteiger partial charge in [0.15, 0.2) is 0 Å². The van der Waals surface area contributed by atoms with Gasteiger partial charge in [0.05, 0.1) is 0 Å². The molecule has 0 radical (unpaired) electrons. The Labute approximate surface area is 186 Å². The van der Waals surface area contributed by atoms with Crippen molar-refractivity contribution < 1.29 is 0 Å². The van der Waals surface area contributed by atoms with Crippen LogP contribution in [0, 0.1) is 11.8 Å². The molecule has 1 aromatic heterocycles. The van der Waals surface area contributed by atoms with Crippen molar-refractivity contribution in [2.24, 2.45) is 11.8 Å². The van der Waals surface area contributed by atoms with E-state index in [0.717, 1.165) is 36.7 Å². The van der Waals surface area contributed by atoms with E-state index in [1.807, 2.05) is 0 Å². The Balaban J connectivity index is 1.41. The summed E-state index contributed by atoms with van der Waals surface area (Å²) in [5, 5.41) is 0. The van der Waals surface area contributed by atoms with Gasteiger partial charge in [-0.2, -0.15) is 0 Å². The van der Waals surface area contributed by atoms with Gasteiger partial charge in [-0.15, -0.1) is 0 Å². The molecule has 31 heavy (non-hydrogen) atoms. The number of hydrogen-bond donors (Lipinski definition) is 0. The minimum atomic E-state index is 0.208. The average Bonchev–Trinajstić information content (AvgIpc) is 2.75. The van der Waals surface area contributed by atoms with Crippen molar-refractivity contribution in [2.45, 2.75) is 57.5 Å². The van der Waals surface area contributed by atoms with Gasteiger partial charge in [0.25, 0.3) is 5.56 Å². The van der Waals surface area contributed by atoms with E-state index in [2.05, 4.69) is 64.9 Å². The maximum atomic E-state index is 13.6. The summed E-state index contributed by atoms with van der Waals surface area (Å²) in [6, 6.07) is 12.7. The topological polar surface area (TPSA) is 28.5 Å². The van der Waals surface area contributed by atoms with Gasteiger partial charge in [-0.05, 0) is 68.5 Å². The summed E-state index contributed by atoms with van der Waals surface area (Å²) in [4.78, 5) is 18.5. The zero-order chi connectivity index (χ0) is 21.4. The number of likely N-dealkylation sites (tertiary alicyclic amines) is 1. The molecule has 0 N–H and O–H groups in total. The van der Waals surface area contributed by atoms with Crippen LogP contribution in [-0.4, -0.2) is 48.1 Å². The van der Waals surface area contributed by atoms with Gasteiger partial charge in [0.2, 0.25) is 0 Å². The van der Waals surface area contributed by atoms with E-state index >= 15 is 0 Å². The monoisotopic (exact) mass is 419 g/mol. The summed E-state index contributed by atoms with van der Waals surface area (Å²) in [6.45, 7) is 5.30. The van der Waals surface area contributed by atoms with Crippen molar-refractivity contribution in [3.63, 3.8) is 0 Å². The van der Waals surface area contributed by atoms with Crippen LogP contribution in [0.2, 0.25) is 0 Å². The van der Waals surface area contributed by atoms with Crippen molar-refractivity contribution in [3.8, 4) is 11.1 Å². The summed E-state index contributed by atoms with van der Waals surface area (Å²) >= 11 is 0. The second-order valence-corrected chi connectivity index (χ2v) is 10.5. The van der Waals surface area contributed by atoms with Crippen LogP contribution in [0.3, 0.4) is 0 Å². The number of aromatic nitrogens is 1. The highest BCUT2D eigenvalue weighted by Crippen LogP contribution is 2.37. The Hall–Kier alpha value is -1.91. The molecule has 2 aliphatic heterocycles. The van der Waals surface area contributed by atoms with Gasteiger partial charge in [0, 0.05) is 49.9 Å². The fourth-order valence-corrected chi connectivity index (χ4v) is 6.40. The average molecular weight is 420 g/mol. The van der Waals surface area contributed by atoms with Crippen molar-refractivity contribution in [3.05, 3.63) is 58.0 Å². The first-order valence-corrected chi connectivity index (χ1v) is 12.3. The van der Waals surface area contributed by atoms with E-state index in [4.69, 9.17) is 0 Å². The van der Waals surface area contributed by atoms with Crippen molar-refractivity contribution in [1.82, 2.24) is 14.4 Å². The molecule has 3 aliphatic rings. The highest BCUT2D eigenvalue weighted by Gasteiger charge is 2.35. The van der Waals surface area contributed by atoms with Gasteiger partial charge in [0.1, 0.15) is 0 Å². The third-order valence-corrected chi connectivity index (χ3v) is 7.72. The molecule has 5 rings (SSSR count). The van der Waals surface area contributed by atoms with Crippen LogP contribution in [0.15, 0.2) is 41.2 Å². The Morgan fingerprint density at radius 2 is 1.74 bits per heavy atom. The lowest BCUT2D eigenvalue weighted by molar-refractivity contribution is 0.0967. The van der Waals surface area contributed by atoms with Gasteiger partial charge >= 0.3 is 0 Å². The third-order valence-electron chi connectivity index (χ3n) is 7.72. The SMILES string of the molecule is CN(C)Cc1ccccc1-c1ccc2n(c1=O)C[C@H]1C[C@@H]2CN(CC2CCCCC2)C1. The molecule has 2 atom stereocenters. The van der Waals surface area contributed by atoms with Crippen LogP contribution in [0.25, 0.3) is 11.1 Å². The highest BCUT2D eigenvalue weighted by atomic mass is 16.1. The van der Waals surface area contributed by atoms with Gasteiger partial charge < -0.3 is 14.4 Å². The number of rotatable bonds is 5. The molecule has 4 nitrogen and oxygen atoms in total. The predicted octanol–water partition coefficient (Wildman–Crippen LogP) is 4.58. The number of pyridine rings is 1. The van der Waals surface area contributed by atoms with Crippen LogP contribution >= 0.6 is 0 Å². The number of hydrogen-bond acceptors (Lipinski definition) is 3. The minimum Gasteiger partial charge on any atom is -0.311 e. The molecule has 166 valence electrons. The van der Waals surface area contributed by atoms with Crippen LogP contribution in [0.4, 0.5) is 0 Å². The first-order valence-electron chi connectivity index (χ1n) is 12.3. The van der Waals surface area contributed by atoms with Crippen molar-refractivity contribution in [1.29, 1.82) is 0 Å². The maximum Gasteiger partial charge on any atom is 0.258 e. The van der Waals surface area contributed by atoms with E-state index in [0.29, 0.717) is 11.8 Å². The predicted molar refractivity (Wildman–Crippen MR) is 127 cm³/mol. The smallest absolute Gasteiger partial charge is 0.258 e. The zero-order valence-corrected chi connectivity index (χ0v) is 19.2. The lowest BCUT2D eigenvalue weighted by Gasteiger charge is -2.44. The van der Waals surface area contributed by atoms with E-state index in [1.54, 1.807) is 0 Å². The number of nitrogens with zero attached hydrogens (tertiary/aromatic N) is 3. The molecular weight excluding hydrogens is 382 g/mol. The molecule has 2 fully saturated rings. The third kappa shape index (κ3) is 4.38. The Morgan fingerprint density at radius 1 is 0.935 bits per heavy atom. The summed E-state index contributed by atoms with van der Waals surface area (Å²) in [5.74, 6) is 2.01. The number of benzene rings is 1. The highest BCUT2D eigenvalue weighted by molar-refractivity contribution is 5.66.